The fourth-order valence-corrected chi connectivity index (χ4v) is 4.50. The Hall–Kier alpha value is -2.63. The smallest absolute Gasteiger partial charge is 0.137 e. The summed E-state index contributed by atoms with van der Waals surface area (Å²) >= 11 is 0. The molecule has 4 nitrogen and oxygen atoms in total. The number of hydrogen-bond donors (Lipinski definition) is 2. The van der Waals surface area contributed by atoms with Crippen LogP contribution in [-0.4, -0.2) is 22.3 Å². The van der Waals surface area contributed by atoms with Crippen molar-refractivity contribution in [3.05, 3.63) is 72.4 Å². The number of H-pyrrole nitrogens is 1. The number of benzene rings is 3. The maximum atomic E-state index is 13.1. The lowest BCUT2D eigenvalue weighted by molar-refractivity contribution is 0.332. The molecule has 2 N–H and O–H groups in total. The van der Waals surface area contributed by atoms with Gasteiger partial charge in [-0.1, -0.05) is 48.5 Å². The molecule has 0 aliphatic heterocycles. The summed E-state index contributed by atoms with van der Waals surface area (Å²) in [7, 11) is -1.35. The monoisotopic (exact) mass is 378 g/mol. The van der Waals surface area contributed by atoms with E-state index in [-0.39, 0.29) is 0 Å². The normalized spacial score (nSPS) is 12.5. The van der Waals surface area contributed by atoms with Gasteiger partial charge in [0.1, 0.15) is 21.6 Å². The van der Waals surface area contributed by atoms with E-state index in [1.165, 1.54) is 10.9 Å². The number of nitrogens with one attached hydrogen (secondary N) is 2. The summed E-state index contributed by atoms with van der Waals surface area (Å²) in [6.45, 7) is 3.09. The Kier molecular flexibility index (Phi) is 5.23. The highest BCUT2D eigenvalue weighted by Gasteiger charge is 2.15. The van der Waals surface area contributed by atoms with Gasteiger partial charge in [0.25, 0.3) is 0 Å². The number of aromatic amines is 1. The highest BCUT2D eigenvalue weighted by Crippen LogP contribution is 2.30. The van der Waals surface area contributed by atoms with Crippen LogP contribution in [0.4, 0.5) is 0 Å². The average molecular weight is 378 g/mol. The van der Waals surface area contributed by atoms with Crippen LogP contribution in [0, 0.1) is 0 Å². The van der Waals surface area contributed by atoms with Crippen molar-refractivity contribution in [2.45, 2.75) is 18.2 Å². The van der Waals surface area contributed by atoms with E-state index in [1.54, 1.807) is 0 Å². The molecule has 0 saturated heterocycles. The van der Waals surface area contributed by atoms with Gasteiger partial charge in [0.2, 0.25) is 0 Å². The van der Waals surface area contributed by atoms with Gasteiger partial charge in [0, 0.05) is 29.0 Å². The van der Waals surface area contributed by atoms with Gasteiger partial charge in [-0.25, -0.2) is 8.93 Å². The van der Waals surface area contributed by atoms with E-state index >= 15 is 0 Å². The number of ether oxygens (including phenoxy) is 1. The highest BCUT2D eigenvalue weighted by atomic mass is 32.2. The van der Waals surface area contributed by atoms with Crippen LogP contribution in [0.5, 0.6) is 5.75 Å². The Balaban J connectivity index is 1.55. The number of rotatable bonds is 7. The molecule has 0 fully saturated rings. The van der Waals surface area contributed by atoms with E-state index in [4.69, 9.17) is 4.74 Å². The number of fused-ring (bicyclic) bond motifs is 2. The molecule has 0 bridgehead atoms. The van der Waals surface area contributed by atoms with Crippen molar-refractivity contribution in [3.63, 3.8) is 0 Å². The minimum Gasteiger partial charge on any atom is -0.493 e. The highest BCUT2D eigenvalue weighted by molar-refractivity contribution is 7.83. The molecule has 1 aromatic heterocycles. The molecule has 0 saturated carbocycles. The summed E-state index contributed by atoms with van der Waals surface area (Å²) in [5.74, 6) is 0.675. The molecule has 0 aliphatic carbocycles. The fraction of sp³-hybridized carbons (Fsp3) is 0.182. The standard InChI is InChI=1S/C22H22N2O2S/c1-2-26-21-12-11-16-7-3-4-9-19(16)22(21)27(25)24-14-13-17-15-23-20-10-6-5-8-18(17)20/h3-12,15,23-24H,2,13-14H2,1H3. The second-order valence-electron chi connectivity index (χ2n) is 6.32. The van der Waals surface area contributed by atoms with Crippen LogP contribution >= 0.6 is 0 Å². The number of para-hydroxylation sites is 1. The van der Waals surface area contributed by atoms with E-state index in [0.717, 1.165) is 22.7 Å². The molecule has 1 atom stereocenters. The van der Waals surface area contributed by atoms with Crippen molar-refractivity contribution in [3.8, 4) is 5.75 Å². The molecular weight excluding hydrogens is 356 g/mol. The van der Waals surface area contributed by atoms with Gasteiger partial charge in [0.05, 0.1) is 6.61 Å². The predicted octanol–water partition coefficient (Wildman–Crippen LogP) is 4.57. The molecular formula is C22H22N2O2S. The van der Waals surface area contributed by atoms with Crippen molar-refractivity contribution in [1.82, 2.24) is 9.71 Å². The predicted molar refractivity (Wildman–Crippen MR) is 112 cm³/mol. The molecule has 4 rings (SSSR count). The molecule has 1 heterocycles. The fourth-order valence-electron chi connectivity index (χ4n) is 3.37. The quantitative estimate of drug-likeness (QED) is 0.495. The first-order valence-corrected chi connectivity index (χ1v) is 10.3. The van der Waals surface area contributed by atoms with Crippen LogP contribution in [0.15, 0.2) is 71.8 Å². The molecule has 0 amide bonds. The Morgan fingerprint density at radius 1 is 1.00 bits per heavy atom. The zero-order chi connectivity index (χ0) is 18.6. The second-order valence-corrected chi connectivity index (χ2v) is 7.55. The summed E-state index contributed by atoms with van der Waals surface area (Å²) < 4.78 is 22.0. The van der Waals surface area contributed by atoms with Crippen LogP contribution in [0.2, 0.25) is 0 Å². The zero-order valence-corrected chi connectivity index (χ0v) is 16.0. The largest absolute Gasteiger partial charge is 0.493 e. The Morgan fingerprint density at radius 3 is 2.63 bits per heavy atom. The molecule has 138 valence electrons. The van der Waals surface area contributed by atoms with Crippen molar-refractivity contribution >= 4 is 32.7 Å². The van der Waals surface area contributed by atoms with Gasteiger partial charge >= 0.3 is 0 Å². The van der Waals surface area contributed by atoms with Gasteiger partial charge in [-0.15, -0.1) is 0 Å². The second kappa shape index (κ2) is 7.94. The first kappa shape index (κ1) is 17.8. The SMILES string of the molecule is CCOc1ccc2ccccc2c1S(=O)NCCc1c[nH]c2ccccc12. The molecule has 3 aromatic carbocycles. The molecule has 4 aromatic rings. The molecule has 0 radical (unpaired) electrons. The summed E-state index contributed by atoms with van der Waals surface area (Å²) in [4.78, 5) is 4.00. The number of hydrogen-bond acceptors (Lipinski definition) is 2. The zero-order valence-electron chi connectivity index (χ0n) is 15.2. The van der Waals surface area contributed by atoms with Crippen LogP contribution in [0.1, 0.15) is 12.5 Å². The molecule has 1 unspecified atom stereocenters. The average Bonchev–Trinajstić information content (AvgIpc) is 3.11. The topological polar surface area (TPSA) is 54.1 Å². The maximum absolute atomic E-state index is 13.1. The Morgan fingerprint density at radius 2 is 1.78 bits per heavy atom. The van der Waals surface area contributed by atoms with Crippen molar-refractivity contribution in [2.24, 2.45) is 0 Å². The van der Waals surface area contributed by atoms with Crippen molar-refractivity contribution < 1.29 is 8.95 Å². The van der Waals surface area contributed by atoms with Gasteiger partial charge in [-0.3, -0.25) is 0 Å². The van der Waals surface area contributed by atoms with E-state index < -0.39 is 11.0 Å². The summed E-state index contributed by atoms with van der Waals surface area (Å²) in [5.41, 5.74) is 2.35. The molecule has 0 aliphatic rings. The minimum absolute atomic E-state index is 0.540. The van der Waals surface area contributed by atoms with Crippen LogP contribution < -0.4 is 9.46 Å². The third kappa shape index (κ3) is 3.61. The van der Waals surface area contributed by atoms with E-state index in [2.05, 4.69) is 21.8 Å². The van der Waals surface area contributed by atoms with Gasteiger partial charge < -0.3 is 9.72 Å². The molecule has 27 heavy (non-hydrogen) atoms. The van der Waals surface area contributed by atoms with Crippen LogP contribution in [0.3, 0.4) is 0 Å². The summed E-state index contributed by atoms with van der Waals surface area (Å²) in [6, 6.07) is 20.1. The summed E-state index contributed by atoms with van der Waals surface area (Å²) in [5, 5.41) is 3.23. The Bertz CT molecular complexity index is 1100. The molecule has 0 spiro atoms. The van der Waals surface area contributed by atoms with E-state index in [9.17, 15) is 4.21 Å². The van der Waals surface area contributed by atoms with E-state index in [0.29, 0.717) is 23.8 Å². The summed E-state index contributed by atoms with van der Waals surface area (Å²) in [6.07, 6.45) is 2.82. The minimum atomic E-state index is -1.35. The maximum Gasteiger partial charge on any atom is 0.137 e. The van der Waals surface area contributed by atoms with Crippen LogP contribution in [-0.2, 0) is 17.4 Å². The third-order valence-corrected chi connectivity index (χ3v) is 5.89. The first-order valence-electron chi connectivity index (χ1n) is 9.12. The lowest BCUT2D eigenvalue weighted by Crippen LogP contribution is -2.21. The first-order chi connectivity index (χ1) is 13.3. The van der Waals surface area contributed by atoms with Crippen molar-refractivity contribution in [1.29, 1.82) is 0 Å². The lowest BCUT2D eigenvalue weighted by atomic mass is 10.1. The number of aromatic nitrogens is 1. The van der Waals surface area contributed by atoms with Gasteiger partial charge in [-0.2, -0.15) is 0 Å². The van der Waals surface area contributed by atoms with Gasteiger partial charge in [0.15, 0.2) is 0 Å². The Labute approximate surface area is 161 Å². The lowest BCUT2D eigenvalue weighted by Gasteiger charge is -2.13. The third-order valence-electron chi connectivity index (χ3n) is 4.63. The van der Waals surface area contributed by atoms with E-state index in [1.807, 2.05) is 61.7 Å². The molecule has 5 heteroatoms. The van der Waals surface area contributed by atoms with Crippen molar-refractivity contribution in [2.75, 3.05) is 13.2 Å². The van der Waals surface area contributed by atoms with Crippen LogP contribution in [0.25, 0.3) is 21.7 Å². The van der Waals surface area contributed by atoms with Gasteiger partial charge in [-0.05, 0) is 36.4 Å².